The SMILES string of the molecule is COc1cn(-c2ccccc2)nc1C(=O)NCCC(=O)N1CCCCCC1. The first-order valence-electron chi connectivity index (χ1n) is 9.44. The van der Waals surface area contributed by atoms with Gasteiger partial charge in [-0.1, -0.05) is 31.0 Å². The number of rotatable bonds is 6. The molecule has 1 fully saturated rings. The Kier molecular flexibility index (Phi) is 6.46. The third kappa shape index (κ3) is 4.87. The number of amides is 2. The Hall–Kier alpha value is -2.83. The fraction of sp³-hybridized carbons (Fsp3) is 0.450. The number of hydrogen-bond donors (Lipinski definition) is 1. The van der Waals surface area contributed by atoms with E-state index in [2.05, 4.69) is 10.4 Å². The largest absolute Gasteiger partial charge is 0.493 e. The van der Waals surface area contributed by atoms with Gasteiger partial charge in [-0.15, -0.1) is 0 Å². The standard InChI is InChI=1S/C20H26N4O3/c1-27-17-15-24(16-9-5-4-6-10-16)22-19(17)20(26)21-12-11-18(25)23-13-7-2-3-8-14-23/h4-6,9-10,15H,2-3,7-8,11-14H2,1H3,(H,21,26). The molecule has 27 heavy (non-hydrogen) atoms. The average molecular weight is 370 g/mol. The van der Waals surface area contributed by atoms with E-state index < -0.39 is 0 Å². The van der Waals surface area contributed by atoms with Crippen LogP contribution >= 0.6 is 0 Å². The summed E-state index contributed by atoms with van der Waals surface area (Å²) in [4.78, 5) is 26.7. The van der Waals surface area contributed by atoms with E-state index in [1.54, 1.807) is 10.9 Å². The van der Waals surface area contributed by atoms with Crippen LogP contribution in [0.2, 0.25) is 0 Å². The second kappa shape index (κ2) is 9.21. The number of aromatic nitrogens is 2. The van der Waals surface area contributed by atoms with Crippen LogP contribution in [0.4, 0.5) is 0 Å². The van der Waals surface area contributed by atoms with Gasteiger partial charge in [-0.25, -0.2) is 4.68 Å². The van der Waals surface area contributed by atoms with Gasteiger partial charge in [0, 0.05) is 26.1 Å². The molecule has 0 radical (unpaired) electrons. The summed E-state index contributed by atoms with van der Waals surface area (Å²) < 4.78 is 6.89. The van der Waals surface area contributed by atoms with E-state index >= 15 is 0 Å². The zero-order valence-electron chi connectivity index (χ0n) is 15.7. The summed E-state index contributed by atoms with van der Waals surface area (Å²) in [7, 11) is 1.51. The number of methoxy groups -OCH3 is 1. The lowest BCUT2D eigenvalue weighted by Gasteiger charge is -2.20. The number of ether oxygens (including phenoxy) is 1. The van der Waals surface area contributed by atoms with Crippen LogP contribution in [0, 0.1) is 0 Å². The van der Waals surface area contributed by atoms with Crippen molar-refractivity contribution in [3.63, 3.8) is 0 Å². The molecule has 0 bridgehead atoms. The second-order valence-electron chi connectivity index (χ2n) is 6.63. The summed E-state index contributed by atoms with van der Waals surface area (Å²) in [5.41, 5.74) is 1.05. The highest BCUT2D eigenvalue weighted by atomic mass is 16.5. The van der Waals surface area contributed by atoms with Gasteiger partial charge in [-0.2, -0.15) is 5.10 Å². The highest BCUT2D eigenvalue weighted by Gasteiger charge is 2.19. The molecule has 0 aliphatic carbocycles. The fourth-order valence-corrected chi connectivity index (χ4v) is 3.22. The molecule has 0 spiro atoms. The molecule has 2 amide bonds. The van der Waals surface area contributed by atoms with Gasteiger partial charge in [0.15, 0.2) is 11.4 Å². The third-order valence-corrected chi connectivity index (χ3v) is 4.72. The van der Waals surface area contributed by atoms with Crippen LogP contribution in [0.15, 0.2) is 36.5 Å². The Balaban J connectivity index is 1.57. The van der Waals surface area contributed by atoms with Gasteiger partial charge in [-0.05, 0) is 25.0 Å². The van der Waals surface area contributed by atoms with Crippen molar-refractivity contribution in [1.82, 2.24) is 20.0 Å². The number of hydrogen-bond acceptors (Lipinski definition) is 4. The van der Waals surface area contributed by atoms with Crippen LogP contribution < -0.4 is 10.1 Å². The number of nitrogens with one attached hydrogen (secondary N) is 1. The van der Waals surface area contributed by atoms with Gasteiger partial charge in [0.1, 0.15) is 0 Å². The normalized spacial score (nSPS) is 14.5. The fourth-order valence-electron chi connectivity index (χ4n) is 3.22. The molecule has 1 aromatic carbocycles. The highest BCUT2D eigenvalue weighted by Crippen LogP contribution is 2.19. The van der Waals surface area contributed by atoms with E-state index in [0.717, 1.165) is 31.6 Å². The molecule has 1 N–H and O–H groups in total. The Morgan fingerprint density at radius 2 is 1.81 bits per heavy atom. The Morgan fingerprint density at radius 1 is 1.11 bits per heavy atom. The summed E-state index contributed by atoms with van der Waals surface area (Å²) in [6, 6.07) is 9.51. The van der Waals surface area contributed by atoms with Crippen molar-refractivity contribution in [2.24, 2.45) is 0 Å². The van der Waals surface area contributed by atoms with Crippen LogP contribution in [0.25, 0.3) is 5.69 Å². The van der Waals surface area contributed by atoms with Gasteiger partial charge < -0.3 is 15.0 Å². The summed E-state index contributed by atoms with van der Waals surface area (Å²) in [6.45, 7) is 1.93. The van der Waals surface area contributed by atoms with Crippen molar-refractivity contribution in [3.05, 3.63) is 42.2 Å². The Bertz CT molecular complexity index is 765. The maximum atomic E-state index is 12.5. The lowest BCUT2D eigenvalue weighted by molar-refractivity contribution is -0.131. The minimum atomic E-state index is -0.342. The first-order chi connectivity index (χ1) is 13.2. The molecule has 7 heteroatoms. The quantitative estimate of drug-likeness (QED) is 0.847. The molecule has 144 valence electrons. The molecular weight excluding hydrogens is 344 g/mol. The number of carbonyl (C=O) groups is 2. The second-order valence-corrected chi connectivity index (χ2v) is 6.63. The Morgan fingerprint density at radius 3 is 2.48 bits per heavy atom. The van der Waals surface area contributed by atoms with Crippen molar-refractivity contribution in [2.45, 2.75) is 32.1 Å². The minimum absolute atomic E-state index is 0.0963. The molecule has 3 rings (SSSR count). The van der Waals surface area contributed by atoms with Crippen LogP contribution in [0.5, 0.6) is 5.75 Å². The smallest absolute Gasteiger partial charge is 0.275 e. The van der Waals surface area contributed by atoms with E-state index in [9.17, 15) is 9.59 Å². The first kappa shape index (κ1) is 18.9. The van der Waals surface area contributed by atoms with Crippen LogP contribution in [0.1, 0.15) is 42.6 Å². The molecule has 1 aliphatic rings. The van der Waals surface area contributed by atoms with E-state index in [-0.39, 0.29) is 24.1 Å². The van der Waals surface area contributed by atoms with E-state index in [1.807, 2.05) is 35.2 Å². The highest BCUT2D eigenvalue weighted by molar-refractivity contribution is 5.95. The number of benzene rings is 1. The number of nitrogens with zero attached hydrogens (tertiary/aromatic N) is 3. The maximum absolute atomic E-state index is 12.5. The van der Waals surface area contributed by atoms with Gasteiger partial charge in [0.25, 0.3) is 5.91 Å². The monoisotopic (exact) mass is 370 g/mol. The zero-order chi connectivity index (χ0) is 19.1. The van der Waals surface area contributed by atoms with Crippen molar-refractivity contribution in [1.29, 1.82) is 0 Å². The summed E-state index contributed by atoms with van der Waals surface area (Å²) in [6.07, 6.45) is 6.47. The molecule has 2 aromatic rings. The molecule has 1 aromatic heterocycles. The first-order valence-corrected chi connectivity index (χ1v) is 9.44. The minimum Gasteiger partial charge on any atom is -0.493 e. The van der Waals surface area contributed by atoms with E-state index in [0.29, 0.717) is 12.2 Å². The maximum Gasteiger partial charge on any atom is 0.275 e. The molecule has 0 atom stereocenters. The van der Waals surface area contributed by atoms with Crippen molar-refractivity contribution in [3.8, 4) is 11.4 Å². The van der Waals surface area contributed by atoms with Gasteiger partial charge in [0.05, 0.1) is 19.0 Å². The van der Waals surface area contributed by atoms with E-state index in [4.69, 9.17) is 4.74 Å². The summed E-state index contributed by atoms with van der Waals surface area (Å²) in [5, 5.41) is 7.12. The summed E-state index contributed by atoms with van der Waals surface area (Å²) >= 11 is 0. The zero-order valence-corrected chi connectivity index (χ0v) is 15.7. The molecule has 7 nitrogen and oxygen atoms in total. The van der Waals surface area contributed by atoms with Crippen molar-refractivity contribution < 1.29 is 14.3 Å². The predicted octanol–water partition coefficient (Wildman–Crippen LogP) is 2.40. The van der Waals surface area contributed by atoms with Crippen LogP contribution in [-0.2, 0) is 4.79 Å². The predicted molar refractivity (Wildman–Crippen MR) is 102 cm³/mol. The number of likely N-dealkylation sites (tertiary alicyclic amines) is 1. The number of para-hydroxylation sites is 1. The van der Waals surface area contributed by atoms with Gasteiger partial charge >= 0.3 is 0 Å². The van der Waals surface area contributed by atoms with Crippen LogP contribution in [-0.4, -0.2) is 53.2 Å². The van der Waals surface area contributed by atoms with E-state index in [1.165, 1.54) is 20.0 Å². The lowest BCUT2D eigenvalue weighted by atomic mass is 10.2. The third-order valence-electron chi connectivity index (χ3n) is 4.72. The Labute approximate surface area is 159 Å². The van der Waals surface area contributed by atoms with Crippen molar-refractivity contribution >= 4 is 11.8 Å². The average Bonchev–Trinajstić information content (AvgIpc) is 2.95. The molecule has 0 unspecified atom stereocenters. The van der Waals surface area contributed by atoms with Crippen molar-refractivity contribution in [2.75, 3.05) is 26.7 Å². The lowest BCUT2D eigenvalue weighted by Crippen LogP contribution is -2.35. The molecular formula is C20H26N4O3. The van der Waals surface area contributed by atoms with Gasteiger partial charge in [0.2, 0.25) is 5.91 Å². The van der Waals surface area contributed by atoms with Crippen LogP contribution in [0.3, 0.4) is 0 Å². The summed E-state index contributed by atoms with van der Waals surface area (Å²) in [5.74, 6) is 0.152. The topological polar surface area (TPSA) is 76.5 Å². The number of carbonyl (C=O) groups excluding carboxylic acids is 2. The van der Waals surface area contributed by atoms with Gasteiger partial charge in [-0.3, -0.25) is 9.59 Å². The molecule has 1 aliphatic heterocycles. The molecule has 0 saturated carbocycles. The molecule has 2 heterocycles. The molecule has 1 saturated heterocycles.